The molecular weight excluding hydrogens is 372 g/mol. The van der Waals surface area contributed by atoms with E-state index >= 15 is 0 Å². The number of rotatable bonds is 5. The van der Waals surface area contributed by atoms with E-state index < -0.39 is 29.9 Å². The van der Waals surface area contributed by atoms with Gasteiger partial charge in [-0.3, -0.25) is 19.3 Å². The summed E-state index contributed by atoms with van der Waals surface area (Å²) in [7, 11) is 0. The number of hydrogen-bond acceptors (Lipinski definition) is 5. The number of amides is 3. The highest BCUT2D eigenvalue weighted by Crippen LogP contribution is 2.26. The molecule has 7 heteroatoms. The van der Waals surface area contributed by atoms with Crippen LogP contribution in [-0.4, -0.2) is 58.2 Å². The standard InChI is InChI=1S/C22H28N2O5/c1-5-16-8-6-7-11-23(16)19(25)15(4)29-22(28)14(3)24-20(26)17-10-9-13(2)12-18(17)21(24)27/h9-10,12,14-16H,5-8,11H2,1-4H3. The van der Waals surface area contributed by atoms with Crippen molar-refractivity contribution in [1.82, 2.24) is 9.80 Å². The minimum atomic E-state index is -1.11. The number of carbonyl (C=O) groups is 4. The van der Waals surface area contributed by atoms with Gasteiger partial charge in [0.25, 0.3) is 17.7 Å². The van der Waals surface area contributed by atoms with Gasteiger partial charge in [0.05, 0.1) is 11.1 Å². The van der Waals surface area contributed by atoms with Crippen molar-refractivity contribution in [2.75, 3.05) is 6.54 Å². The number of benzene rings is 1. The SMILES string of the molecule is CCC1CCCCN1C(=O)C(C)OC(=O)C(C)N1C(=O)c2ccc(C)cc2C1=O. The predicted octanol–water partition coefficient (Wildman–Crippen LogP) is 2.70. The van der Waals surface area contributed by atoms with Crippen molar-refractivity contribution in [3.8, 4) is 0 Å². The number of hydrogen-bond donors (Lipinski definition) is 0. The number of fused-ring (bicyclic) bond motifs is 1. The first-order valence-electron chi connectivity index (χ1n) is 10.3. The van der Waals surface area contributed by atoms with E-state index in [1.54, 1.807) is 30.0 Å². The van der Waals surface area contributed by atoms with Gasteiger partial charge in [0.15, 0.2) is 6.10 Å². The van der Waals surface area contributed by atoms with Gasteiger partial charge in [0.2, 0.25) is 0 Å². The third kappa shape index (κ3) is 3.91. The van der Waals surface area contributed by atoms with Gasteiger partial charge < -0.3 is 9.64 Å². The quantitative estimate of drug-likeness (QED) is 0.560. The summed E-state index contributed by atoms with van der Waals surface area (Å²) in [6.45, 7) is 7.52. The van der Waals surface area contributed by atoms with Crippen molar-refractivity contribution in [1.29, 1.82) is 0 Å². The lowest BCUT2D eigenvalue weighted by Gasteiger charge is -2.36. The minimum absolute atomic E-state index is 0.161. The summed E-state index contributed by atoms with van der Waals surface area (Å²) in [5.41, 5.74) is 1.43. The lowest BCUT2D eigenvalue weighted by atomic mass is 9.99. The molecule has 2 heterocycles. The predicted molar refractivity (Wildman–Crippen MR) is 106 cm³/mol. The van der Waals surface area contributed by atoms with E-state index in [2.05, 4.69) is 0 Å². The summed E-state index contributed by atoms with van der Waals surface area (Å²) in [6, 6.07) is 4.03. The van der Waals surface area contributed by atoms with E-state index in [9.17, 15) is 19.2 Å². The summed E-state index contributed by atoms with van der Waals surface area (Å²) < 4.78 is 5.38. The van der Waals surface area contributed by atoms with Gasteiger partial charge in [0.1, 0.15) is 6.04 Å². The number of ether oxygens (including phenoxy) is 1. The highest BCUT2D eigenvalue weighted by Gasteiger charge is 2.42. The molecule has 0 aliphatic carbocycles. The van der Waals surface area contributed by atoms with Crippen molar-refractivity contribution in [3.05, 3.63) is 34.9 Å². The molecule has 1 aromatic rings. The molecule has 3 unspecified atom stereocenters. The fourth-order valence-corrected chi connectivity index (χ4v) is 4.10. The second kappa shape index (κ2) is 8.35. The third-order valence-corrected chi connectivity index (χ3v) is 5.82. The molecule has 3 atom stereocenters. The Kier molecular flexibility index (Phi) is 6.05. The molecule has 2 aliphatic heterocycles. The Morgan fingerprint density at radius 1 is 1.14 bits per heavy atom. The molecule has 0 radical (unpaired) electrons. The van der Waals surface area contributed by atoms with E-state index in [1.165, 1.54) is 6.92 Å². The maximum Gasteiger partial charge on any atom is 0.329 e. The van der Waals surface area contributed by atoms with Gasteiger partial charge in [-0.2, -0.15) is 0 Å². The van der Waals surface area contributed by atoms with Gasteiger partial charge in [0, 0.05) is 12.6 Å². The zero-order valence-electron chi connectivity index (χ0n) is 17.4. The minimum Gasteiger partial charge on any atom is -0.451 e. The van der Waals surface area contributed by atoms with Crippen LogP contribution in [0.4, 0.5) is 0 Å². The average molecular weight is 400 g/mol. The molecule has 0 bridgehead atoms. The largest absolute Gasteiger partial charge is 0.451 e. The fourth-order valence-electron chi connectivity index (χ4n) is 4.10. The topological polar surface area (TPSA) is 84.0 Å². The number of carbonyl (C=O) groups excluding carboxylic acids is 4. The van der Waals surface area contributed by atoms with Crippen molar-refractivity contribution in [3.63, 3.8) is 0 Å². The maximum absolute atomic E-state index is 12.8. The van der Waals surface area contributed by atoms with Gasteiger partial charge in [-0.25, -0.2) is 4.79 Å². The van der Waals surface area contributed by atoms with Crippen LogP contribution in [0.2, 0.25) is 0 Å². The molecule has 3 rings (SSSR count). The monoisotopic (exact) mass is 400 g/mol. The van der Waals surface area contributed by atoms with Crippen LogP contribution in [0.5, 0.6) is 0 Å². The zero-order valence-corrected chi connectivity index (χ0v) is 17.4. The van der Waals surface area contributed by atoms with Crippen molar-refractivity contribution in [2.24, 2.45) is 0 Å². The van der Waals surface area contributed by atoms with Crippen LogP contribution >= 0.6 is 0 Å². The van der Waals surface area contributed by atoms with Crippen LogP contribution in [-0.2, 0) is 14.3 Å². The summed E-state index contributed by atoms with van der Waals surface area (Å²) in [6.07, 6.45) is 2.88. The van der Waals surface area contributed by atoms with E-state index in [0.29, 0.717) is 6.54 Å². The number of esters is 1. The molecule has 29 heavy (non-hydrogen) atoms. The number of aryl methyl sites for hydroxylation is 1. The highest BCUT2D eigenvalue weighted by molar-refractivity contribution is 6.22. The summed E-state index contributed by atoms with van der Waals surface area (Å²) in [4.78, 5) is 53.5. The Bertz CT molecular complexity index is 850. The van der Waals surface area contributed by atoms with Crippen LogP contribution in [0.25, 0.3) is 0 Å². The molecule has 156 valence electrons. The number of imide groups is 1. The molecule has 0 aromatic heterocycles. The third-order valence-electron chi connectivity index (χ3n) is 5.82. The van der Waals surface area contributed by atoms with E-state index in [1.807, 2.05) is 13.8 Å². The first-order chi connectivity index (χ1) is 13.8. The molecule has 3 amide bonds. The molecule has 1 saturated heterocycles. The van der Waals surface area contributed by atoms with Crippen molar-refractivity contribution < 1.29 is 23.9 Å². The van der Waals surface area contributed by atoms with Crippen LogP contribution in [0, 0.1) is 6.92 Å². The smallest absolute Gasteiger partial charge is 0.329 e. The first-order valence-corrected chi connectivity index (χ1v) is 10.3. The van der Waals surface area contributed by atoms with E-state index in [4.69, 9.17) is 4.74 Å². The van der Waals surface area contributed by atoms with Crippen LogP contribution in [0.1, 0.15) is 72.7 Å². The van der Waals surface area contributed by atoms with E-state index in [0.717, 1.165) is 36.1 Å². The molecule has 0 spiro atoms. The molecule has 1 fully saturated rings. The van der Waals surface area contributed by atoms with E-state index in [-0.39, 0.29) is 23.1 Å². The Hall–Kier alpha value is -2.70. The lowest BCUT2D eigenvalue weighted by Crippen LogP contribution is -2.50. The summed E-state index contributed by atoms with van der Waals surface area (Å²) in [5.74, 6) is -2.02. The van der Waals surface area contributed by atoms with Crippen molar-refractivity contribution in [2.45, 2.75) is 71.6 Å². The number of likely N-dealkylation sites (tertiary alicyclic amines) is 1. The summed E-state index contributed by atoms with van der Waals surface area (Å²) >= 11 is 0. The van der Waals surface area contributed by atoms with Gasteiger partial charge in [-0.15, -0.1) is 0 Å². The normalized spacial score (nSPS) is 21.0. The van der Waals surface area contributed by atoms with Crippen LogP contribution < -0.4 is 0 Å². The van der Waals surface area contributed by atoms with Gasteiger partial charge in [-0.1, -0.05) is 18.6 Å². The molecule has 7 nitrogen and oxygen atoms in total. The molecule has 1 aromatic carbocycles. The number of nitrogens with zero attached hydrogens (tertiary/aromatic N) is 2. The second-order valence-corrected chi connectivity index (χ2v) is 7.87. The van der Waals surface area contributed by atoms with Crippen molar-refractivity contribution >= 4 is 23.7 Å². The molecule has 2 aliphatic rings. The molecule has 0 saturated carbocycles. The van der Waals surface area contributed by atoms with Gasteiger partial charge >= 0.3 is 5.97 Å². The first kappa shape index (κ1) is 21.0. The maximum atomic E-state index is 12.8. The molecular formula is C22H28N2O5. The zero-order chi connectivity index (χ0) is 21.3. The Morgan fingerprint density at radius 2 is 1.83 bits per heavy atom. The van der Waals surface area contributed by atoms with Crippen LogP contribution in [0.15, 0.2) is 18.2 Å². The Balaban J connectivity index is 1.68. The second-order valence-electron chi connectivity index (χ2n) is 7.87. The van der Waals surface area contributed by atoms with Crippen LogP contribution in [0.3, 0.4) is 0 Å². The Morgan fingerprint density at radius 3 is 2.52 bits per heavy atom. The van der Waals surface area contributed by atoms with Gasteiger partial charge in [-0.05, 0) is 58.6 Å². The fraction of sp³-hybridized carbons (Fsp3) is 0.545. The Labute approximate surface area is 171 Å². The average Bonchev–Trinajstić information content (AvgIpc) is 2.96. The highest BCUT2D eigenvalue weighted by atomic mass is 16.5. The lowest BCUT2D eigenvalue weighted by molar-refractivity contribution is -0.163. The molecule has 0 N–H and O–H groups in total. The number of piperidine rings is 1. The summed E-state index contributed by atoms with van der Waals surface area (Å²) in [5, 5.41) is 0.